The fourth-order valence-corrected chi connectivity index (χ4v) is 5.24. The van der Waals surface area contributed by atoms with Crippen LogP contribution in [0.15, 0.2) is 53.7 Å². The van der Waals surface area contributed by atoms with Crippen molar-refractivity contribution in [1.29, 1.82) is 0 Å². The molecule has 0 unspecified atom stereocenters. The molecule has 0 aliphatic carbocycles. The van der Waals surface area contributed by atoms with E-state index in [1.165, 1.54) is 28.1 Å². The fourth-order valence-electron chi connectivity index (χ4n) is 3.76. The van der Waals surface area contributed by atoms with E-state index in [1.54, 1.807) is 12.3 Å². The van der Waals surface area contributed by atoms with Gasteiger partial charge in [0, 0.05) is 57.6 Å². The third kappa shape index (κ3) is 3.55. The van der Waals surface area contributed by atoms with Crippen LogP contribution >= 0.6 is 0 Å². The van der Waals surface area contributed by atoms with Crippen LogP contribution in [0.4, 0.5) is 4.39 Å². The molecule has 0 bridgehead atoms. The van der Waals surface area contributed by atoms with Crippen molar-refractivity contribution in [3.63, 3.8) is 0 Å². The van der Waals surface area contributed by atoms with Gasteiger partial charge < -0.3 is 9.47 Å². The summed E-state index contributed by atoms with van der Waals surface area (Å²) >= 11 is 0. The van der Waals surface area contributed by atoms with Gasteiger partial charge in [-0.2, -0.15) is 4.31 Å². The summed E-state index contributed by atoms with van der Waals surface area (Å²) in [5, 5.41) is 1.16. The number of aromatic nitrogens is 2. The van der Waals surface area contributed by atoms with E-state index in [4.69, 9.17) is 0 Å². The van der Waals surface area contributed by atoms with Gasteiger partial charge in [-0.05, 0) is 36.2 Å². The highest BCUT2D eigenvalue weighted by molar-refractivity contribution is 7.89. The monoisotopic (exact) mass is 402 g/mol. The van der Waals surface area contributed by atoms with Crippen LogP contribution < -0.4 is 0 Å². The molecule has 1 aliphatic rings. The highest BCUT2D eigenvalue weighted by Crippen LogP contribution is 2.22. The Morgan fingerprint density at radius 1 is 1.07 bits per heavy atom. The van der Waals surface area contributed by atoms with E-state index in [9.17, 15) is 12.8 Å². The fraction of sp³-hybridized carbons (Fsp3) is 0.350. The van der Waals surface area contributed by atoms with Crippen molar-refractivity contribution >= 4 is 21.1 Å². The first kappa shape index (κ1) is 19.0. The molecule has 148 valence electrons. The van der Waals surface area contributed by atoms with Crippen LogP contribution in [-0.4, -0.2) is 59.9 Å². The second-order valence-electron chi connectivity index (χ2n) is 7.07. The third-order valence-electron chi connectivity index (χ3n) is 5.30. The van der Waals surface area contributed by atoms with Crippen LogP contribution in [0.1, 0.15) is 5.56 Å². The van der Waals surface area contributed by atoms with Gasteiger partial charge in [0.2, 0.25) is 10.0 Å². The van der Waals surface area contributed by atoms with E-state index in [0.717, 1.165) is 24.0 Å². The highest BCUT2D eigenvalue weighted by atomic mass is 32.2. The van der Waals surface area contributed by atoms with Gasteiger partial charge in [-0.3, -0.25) is 0 Å². The Labute approximate surface area is 164 Å². The summed E-state index contributed by atoms with van der Waals surface area (Å²) in [6.07, 6.45) is 4.78. The van der Waals surface area contributed by atoms with E-state index in [-0.39, 0.29) is 4.90 Å². The van der Waals surface area contributed by atoms with Gasteiger partial charge in [0.1, 0.15) is 16.4 Å². The van der Waals surface area contributed by atoms with Crippen molar-refractivity contribution < 1.29 is 12.8 Å². The van der Waals surface area contributed by atoms with Gasteiger partial charge in [0.05, 0.1) is 0 Å². The molecule has 2 aromatic heterocycles. The molecule has 3 aromatic rings. The summed E-state index contributed by atoms with van der Waals surface area (Å²) < 4.78 is 42.7. The van der Waals surface area contributed by atoms with Crippen molar-refractivity contribution in [2.75, 3.05) is 32.7 Å². The Kier molecular flexibility index (Phi) is 5.18. The molecular formula is C20H23FN4O2S. The molecule has 0 radical (unpaired) electrons. The summed E-state index contributed by atoms with van der Waals surface area (Å²) in [5.41, 5.74) is 2.21. The quantitative estimate of drug-likeness (QED) is 0.657. The molecule has 8 heteroatoms. The van der Waals surface area contributed by atoms with Crippen molar-refractivity contribution in [2.24, 2.45) is 7.05 Å². The minimum absolute atomic E-state index is 0.244. The molecule has 1 fully saturated rings. The first-order valence-electron chi connectivity index (χ1n) is 9.33. The Morgan fingerprint density at radius 2 is 1.82 bits per heavy atom. The highest BCUT2D eigenvalue weighted by Gasteiger charge is 2.30. The summed E-state index contributed by atoms with van der Waals surface area (Å²) in [7, 11) is -1.80. The molecule has 0 spiro atoms. The molecule has 0 atom stereocenters. The normalized spacial score (nSPS) is 16.6. The molecule has 1 aliphatic heterocycles. The number of benzene rings is 1. The second kappa shape index (κ2) is 7.62. The third-order valence-corrected chi connectivity index (χ3v) is 7.23. The lowest BCUT2D eigenvalue weighted by Crippen LogP contribution is -2.49. The van der Waals surface area contributed by atoms with Gasteiger partial charge in [-0.15, -0.1) is 0 Å². The maximum absolute atomic E-state index is 13.9. The number of aryl methyl sites for hydroxylation is 1. The number of hydrogen-bond donors (Lipinski definition) is 0. The number of rotatable bonds is 5. The van der Waals surface area contributed by atoms with E-state index in [1.807, 2.05) is 17.7 Å². The summed E-state index contributed by atoms with van der Waals surface area (Å²) in [4.78, 5) is 6.42. The number of hydrogen-bond acceptors (Lipinski definition) is 4. The van der Waals surface area contributed by atoms with Crippen LogP contribution in [0.2, 0.25) is 0 Å². The first-order valence-corrected chi connectivity index (χ1v) is 10.8. The predicted molar refractivity (Wildman–Crippen MR) is 106 cm³/mol. The van der Waals surface area contributed by atoms with E-state index < -0.39 is 15.8 Å². The smallest absolute Gasteiger partial charge is 0.246 e. The SMILES string of the molecule is Cn1cc(CCN2CCN(S(=O)(=O)c3ccccc3F)CC2)c2cccnc21. The van der Waals surface area contributed by atoms with Gasteiger partial charge in [-0.1, -0.05) is 12.1 Å². The standard InChI is InChI=1S/C20H23FN4O2S/c1-23-15-16(17-5-4-9-22-20(17)23)8-10-24-11-13-25(14-12-24)28(26,27)19-7-3-2-6-18(19)21/h2-7,9,15H,8,10-14H2,1H3. The molecule has 0 amide bonds. The van der Waals surface area contributed by atoms with Crippen LogP contribution in [0.5, 0.6) is 0 Å². The van der Waals surface area contributed by atoms with E-state index in [0.29, 0.717) is 26.2 Å². The number of halogens is 1. The average Bonchev–Trinajstić information content (AvgIpc) is 3.03. The Morgan fingerprint density at radius 3 is 2.57 bits per heavy atom. The van der Waals surface area contributed by atoms with E-state index >= 15 is 0 Å². The molecule has 3 heterocycles. The summed E-state index contributed by atoms with van der Waals surface area (Å²) in [6.45, 7) is 2.86. The van der Waals surface area contributed by atoms with Gasteiger partial charge >= 0.3 is 0 Å². The Hall–Kier alpha value is -2.29. The zero-order valence-corrected chi connectivity index (χ0v) is 16.6. The minimum Gasteiger partial charge on any atom is -0.335 e. The zero-order valence-electron chi connectivity index (χ0n) is 15.8. The van der Waals surface area contributed by atoms with Crippen LogP contribution in [0.3, 0.4) is 0 Å². The average molecular weight is 402 g/mol. The van der Waals surface area contributed by atoms with Gasteiger partial charge in [0.15, 0.2) is 0 Å². The number of nitrogens with zero attached hydrogens (tertiary/aromatic N) is 4. The second-order valence-corrected chi connectivity index (χ2v) is 8.97. The molecule has 4 rings (SSSR count). The number of sulfonamides is 1. The number of fused-ring (bicyclic) bond motifs is 1. The van der Waals surface area contributed by atoms with Crippen LogP contribution in [-0.2, 0) is 23.5 Å². The topological polar surface area (TPSA) is 58.4 Å². The first-order chi connectivity index (χ1) is 13.5. The lowest BCUT2D eigenvalue weighted by atomic mass is 10.1. The summed E-state index contributed by atoms with van der Waals surface area (Å²) in [6, 6.07) is 9.57. The zero-order chi connectivity index (χ0) is 19.7. The van der Waals surface area contributed by atoms with Crippen molar-refractivity contribution in [3.8, 4) is 0 Å². The molecule has 0 saturated carbocycles. The largest absolute Gasteiger partial charge is 0.335 e. The number of pyridine rings is 1. The van der Waals surface area contributed by atoms with E-state index in [2.05, 4.69) is 22.1 Å². The Balaban J connectivity index is 1.39. The molecular weight excluding hydrogens is 379 g/mol. The number of piperazine rings is 1. The van der Waals surface area contributed by atoms with Crippen molar-refractivity contribution in [1.82, 2.24) is 18.8 Å². The van der Waals surface area contributed by atoms with Crippen LogP contribution in [0, 0.1) is 5.82 Å². The lowest BCUT2D eigenvalue weighted by Gasteiger charge is -2.34. The molecule has 0 N–H and O–H groups in total. The maximum atomic E-state index is 13.9. The molecule has 1 saturated heterocycles. The van der Waals surface area contributed by atoms with Crippen molar-refractivity contribution in [3.05, 3.63) is 60.2 Å². The lowest BCUT2D eigenvalue weighted by molar-refractivity contribution is 0.190. The molecule has 28 heavy (non-hydrogen) atoms. The predicted octanol–water partition coefficient (Wildman–Crippen LogP) is 2.26. The van der Waals surface area contributed by atoms with Crippen LogP contribution in [0.25, 0.3) is 11.0 Å². The minimum atomic E-state index is -3.79. The molecule has 1 aromatic carbocycles. The maximum Gasteiger partial charge on any atom is 0.246 e. The van der Waals surface area contributed by atoms with Crippen molar-refractivity contribution in [2.45, 2.75) is 11.3 Å². The Bertz CT molecular complexity index is 1090. The van der Waals surface area contributed by atoms with Gasteiger partial charge in [0.25, 0.3) is 0 Å². The molecule has 6 nitrogen and oxygen atoms in total. The summed E-state index contributed by atoms with van der Waals surface area (Å²) in [5.74, 6) is -0.700. The van der Waals surface area contributed by atoms with Gasteiger partial charge in [-0.25, -0.2) is 17.8 Å².